The van der Waals surface area contributed by atoms with E-state index in [1.807, 2.05) is 13.8 Å². The average molecular weight is 239 g/mol. The van der Waals surface area contributed by atoms with E-state index in [1.165, 1.54) is 13.4 Å². The van der Waals surface area contributed by atoms with Crippen LogP contribution in [0.5, 0.6) is 5.88 Å². The number of hydrogen-bond acceptors (Lipinski definition) is 6. The van der Waals surface area contributed by atoms with Gasteiger partial charge in [0.15, 0.2) is 5.82 Å². The number of nitrogens with zero attached hydrogens (tertiary/aromatic N) is 3. The average Bonchev–Trinajstić information content (AvgIpc) is 2.26. The Morgan fingerprint density at radius 1 is 1.53 bits per heavy atom. The predicted octanol–water partition coefficient (Wildman–Crippen LogP) is -0.232. The first-order chi connectivity index (χ1) is 7.97. The number of aromatic nitrogens is 2. The summed E-state index contributed by atoms with van der Waals surface area (Å²) in [5, 5.41) is 0. The maximum absolute atomic E-state index is 11.0. The molecule has 0 spiro atoms. The normalized spacial score (nSPS) is 10.4. The van der Waals surface area contributed by atoms with Crippen molar-refractivity contribution in [2.45, 2.75) is 19.9 Å². The molecule has 94 valence electrons. The van der Waals surface area contributed by atoms with Crippen molar-refractivity contribution >= 4 is 17.4 Å². The van der Waals surface area contributed by atoms with Crippen molar-refractivity contribution in [2.24, 2.45) is 5.73 Å². The van der Waals surface area contributed by atoms with Crippen LogP contribution >= 0.6 is 0 Å². The summed E-state index contributed by atoms with van der Waals surface area (Å²) in [4.78, 5) is 20.7. The van der Waals surface area contributed by atoms with Crippen molar-refractivity contribution < 1.29 is 9.53 Å². The number of amides is 1. The van der Waals surface area contributed by atoms with Crippen molar-refractivity contribution in [3.63, 3.8) is 0 Å². The molecule has 1 rings (SSSR count). The number of ether oxygens (including phenoxy) is 1. The Hall–Kier alpha value is -2.05. The van der Waals surface area contributed by atoms with Crippen LogP contribution in [0.2, 0.25) is 0 Å². The molecule has 0 aliphatic rings. The van der Waals surface area contributed by atoms with Gasteiger partial charge in [-0.1, -0.05) is 0 Å². The minimum atomic E-state index is -0.448. The van der Waals surface area contributed by atoms with Crippen molar-refractivity contribution in [2.75, 3.05) is 24.3 Å². The van der Waals surface area contributed by atoms with Crippen LogP contribution < -0.4 is 21.1 Å². The Kier molecular flexibility index (Phi) is 4.08. The van der Waals surface area contributed by atoms with E-state index in [1.54, 1.807) is 4.90 Å². The lowest BCUT2D eigenvalue weighted by molar-refractivity contribution is -0.116. The Balaban J connectivity index is 3.14. The summed E-state index contributed by atoms with van der Waals surface area (Å²) < 4.78 is 5.00. The molecule has 0 saturated heterocycles. The maximum Gasteiger partial charge on any atom is 0.242 e. The summed E-state index contributed by atoms with van der Waals surface area (Å²) in [6.45, 7) is 3.87. The molecule has 7 nitrogen and oxygen atoms in total. The highest BCUT2D eigenvalue weighted by Crippen LogP contribution is 2.28. The van der Waals surface area contributed by atoms with Crippen LogP contribution in [0.3, 0.4) is 0 Å². The zero-order valence-corrected chi connectivity index (χ0v) is 10.2. The van der Waals surface area contributed by atoms with Crippen molar-refractivity contribution in [3.8, 4) is 5.88 Å². The molecule has 1 heterocycles. The number of nitrogens with two attached hydrogens (primary N) is 2. The fourth-order valence-corrected chi connectivity index (χ4v) is 1.43. The van der Waals surface area contributed by atoms with Crippen LogP contribution in [-0.4, -0.2) is 35.6 Å². The fraction of sp³-hybridized carbons (Fsp3) is 0.500. The number of nitrogen functional groups attached to an aromatic ring is 1. The third kappa shape index (κ3) is 2.96. The van der Waals surface area contributed by atoms with Gasteiger partial charge in [-0.2, -0.15) is 4.98 Å². The number of carbonyl (C=O) groups excluding carboxylic acids is 1. The molecule has 4 N–H and O–H groups in total. The molecule has 0 aromatic carbocycles. The minimum absolute atomic E-state index is 0.0319. The van der Waals surface area contributed by atoms with Gasteiger partial charge >= 0.3 is 0 Å². The van der Waals surface area contributed by atoms with Gasteiger partial charge in [0.25, 0.3) is 0 Å². The first kappa shape index (κ1) is 13.0. The highest BCUT2D eigenvalue weighted by atomic mass is 16.5. The number of anilines is 2. The third-order valence-electron chi connectivity index (χ3n) is 2.24. The van der Waals surface area contributed by atoms with Gasteiger partial charge in [-0.15, -0.1) is 0 Å². The molecular weight excluding hydrogens is 222 g/mol. The fourth-order valence-electron chi connectivity index (χ4n) is 1.43. The van der Waals surface area contributed by atoms with Gasteiger partial charge in [-0.25, -0.2) is 4.98 Å². The van der Waals surface area contributed by atoms with E-state index in [2.05, 4.69) is 9.97 Å². The number of methoxy groups -OCH3 is 1. The van der Waals surface area contributed by atoms with Gasteiger partial charge < -0.3 is 21.1 Å². The van der Waals surface area contributed by atoms with Crippen LogP contribution in [0.1, 0.15) is 13.8 Å². The topological polar surface area (TPSA) is 107 Å². The van der Waals surface area contributed by atoms with Gasteiger partial charge in [-0.3, -0.25) is 4.79 Å². The summed E-state index contributed by atoms with van der Waals surface area (Å²) in [7, 11) is 1.47. The zero-order valence-electron chi connectivity index (χ0n) is 10.2. The van der Waals surface area contributed by atoms with E-state index in [0.29, 0.717) is 11.5 Å². The van der Waals surface area contributed by atoms with Gasteiger partial charge in [0.2, 0.25) is 11.8 Å². The first-order valence-electron chi connectivity index (χ1n) is 5.16. The Labute approximate surface area is 99.8 Å². The smallest absolute Gasteiger partial charge is 0.242 e. The SMILES string of the molecule is COc1ncnc(N(CC(N)=O)C(C)C)c1N. The molecular formula is C10H17N5O2. The van der Waals surface area contributed by atoms with Crippen molar-refractivity contribution in [1.29, 1.82) is 0 Å². The van der Waals surface area contributed by atoms with Gasteiger partial charge in [0.1, 0.15) is 12.0 Å². The van der Waals surface area contributed by atoms with E-state index in [0.717, 1.165) is 0 Å². The number of primary amides is 1. The quantitative estimate of drug-likeness (QED) is 0.734. The molecule has 0 saturated carbocycles. The van der Waals surface area contributed by atoms with E-state index < -0.39 is 5.91 Å². The zero-order chi connectivity index (χ0) is 13.0. The first-order valence-corrected chi connectivity index (χ1v) is 5.16. The second kappa shape index (κ2) is 5.33. The van der Waals surface area contributed by atoms with E-state index in [4.69, 9.17) is 16.2 Å². The van der Waals surface area contributed by atoms with Gasteiger partial charge in [0, 0.05) is 6.04 Å². The second-order valence-electron chi connectivity index (χ2n) is 3.81. The molecule has 1 aromatic heterocycles. The molecule has 17 heavy (non-hydrogen) atoms. The largest absolute Gasteiger partial charge is 0.479 e. The number of rotatable bonds is 5. The second-order valence-corrected chi connectivity index (χ2v) is 3.81. The van der Waals surface area contributed by atoms with Crippen LogP contribution in [0, 0.1) is 0 Å². The lowest BCUT2D eigenvalue weighted by Gasteiger charge is -2.27. The number of carbonyl (C=O) groups is 1. The minimum Gasteiger partial charge on any atom is -0.479 e. The Morgan fingerprint density at radius 3 is 2.65 bits per heavy atom. The highest BCUT2D eigenvalue weighted by Gasteiger charge is 2.19. The van der Waals surface area contributed by atoms with Gasteiger partial charge in [-0.05, 0) is 13.8 Å². The molecule has 1 aromatic rings. The van der Waals surface area contributed by atoms with Gasteiger partial charge in [0.05, 0.1) is 13.7 Å². The standard InChI is InChI=1S/C10H17N5O2/c1-6(2)15(4-7(11)16)9-8(12)10(17-3)14-5-13-9/h5-6H,4,12H2,1-3H3,(H2,11,16). The summed E-state index contributed by atoms with van der Waals surface area (Å²) in [5.41, 5.74) is 11.4. The van der Waals surface area contributed by atoms with Crippen LogP contribution in [-0.2, 0) is 4.79 Å². The lowest BCUT2D eigenvalue weighted by atomic mass is 10.3. The maximum atomic E-state index is 11.0. The highest BCUT2D eigenvalue weighted by molar-refractivity contribution is 5.81. The summed E-state index contributed by atoms with van der Waals surface area (Å²) in [5.74, 6) is 0.284. The lowest BCUT2D eigenvalue weighted by Crippen LogP contribution is -2.39. The molecule has 0 radical (unpaired) electrons. The molecule has 0 fully saturated rings. The Bertz CT molecular complexity index is 408. The van der Waals surface area contributed by atoms with E-state index >= 15 is 0 Å². The van der Waals surface area contributed by atoms with Crippen molar-refractivity contribution in [1.82, 2.24) is 9.97 Å². The van der Waals surface area contributed by atoms with Crippen LogP contribution in [0.25, 0.3) is 0 Å². The molecule has 7 heteroatoms. The summed E-state index contributed by atoms with van der Waals surface area (Å²) in [6, 6.07) is 0.0319. The van der Waals surface area contributed by atoms with Crippen LogP contribution in [0.15, 0.2) is 6.33 Å². The van der Waals surface area contributed by atoms with E-state index in [9.17, 15) is 4.79 Å². The molecule has 0 aliphatic heterocycles. The van der Waals surface area contributed by atoms with E-state index in [-0.39, 0.29) is 18.5 Å². The summed E-state index contributed by atoms with van der Waals surface area (Å²) in [6.07, 6.45) is 1.33. The molecule has 0 unspecified atom stereocenters. The molecule has 0 bridgehead atoms. The third-order valence-corrected chi connectivity index (χ3v) is 2.24. The van der Waals surface area contributed by atoms with Crippen molar-refractivity contribution in [3.05, 3.63) is 6.33 Å². The monoisotopic (exact) mass is 239 g/mol. The molecule has 1 amide bonds. The predicted molar refractivity (Wildman–Crippen MR) is 64.7 cm³/mol. The summed E-state index contributed by atoms with van der Waals surface area (Å²) >= 11 is 0. The van der Waals surface area contributed by atoms with Crippen LogP contribution in [0.4, 0.5) is 11.5 Å². The Morgan fingerprint density at radius 2 is 2.18 bits per heavy atom. The number of hydrogen-bond donors (Lipinski definition) is 2. The molecule has 0 aliphatic carbocycles. The molecule has 0 atom stereocenters.